The van der Waals surface area contributed by atoms with Gasteiger partial charge in [-0.05, 0) is 36.8 Å². The first-order valence-corrected chi connectivity index (χ1v) is 7.05. The van der Waals surface area contributed by atoms with Gasteiger partial charge in [0.2, 0.25) is 0 Å². The van der Waals surface area contributed by atoms with Crippen LogP contribution in [0.25, 0.3) is 10.8 Å². The van der Waals surface area contributed by atoms with E-state index in [2.05, 4.69) is 4.98 Å². The third-order valence-electron chi connectivity index (χ3n) is 3.96. The maximum absolute atomic E-state index is 12.8. The van der Waals surface area contributed by atoms with E-state index in [0.717, 1.165) is 23.6 Å². The zero-order valence-electron chi connectivity index (χ0n) is 11.5. The summed E-state index contributed by atoms with van der Waals surface area (Å²) < 4.78 is 0. The van der Waals surface area contributed by atoms with Crippen LogP contribution < -0.4 is 0 Å². The average Bonchev–Trinajstić information content (AvgIpc) is 2.53. The summed E-state index contributed by atoms with van der Waals surface area (Å²) in [6.07, 6.45) is 5.54. The molecule has 2 heterocycles. The Labute approximate surface area is 122 Å². The normalized spacial score (nSPS) is 18.7. The zero-order valence-corrected chi connectivity index (χ0v) is 11.5. The Morgan fingerprint density at radius 2 is 2.10 bits per heavy atom. The van der Waals surface area contributed by atoms with Crippen LogP contribution in [0.5, 0.6) is 0 Å². The fourth-order valence-corrected chi connectivity index (χ4v) is 2.89. The molecule has 5 heteroatoms. The lowest BCUT2D eigenvalue weighted by Crippen LogP contribution is -2.48. The van der Waals surface area contributed by atoms with E-state index in [1.807, 2.05) is 18.2 Å². The second kappa shape index (κ2) is 5.52. The van der Waals surface area contributed by atoms with Gasteiger partial charge in [0.15, 0.2) is 0 Å². The minimum atomic E-state index is -0.929. The molecule has 1 aliphatic heterocycles. The number of carbonyl (C=O) groups is 2. The molecular formula is C16H16N2O3. The number of benzene rings is 1. The molecule has 5 nitrogen and oxygen atoms in total. The van der Waals surface area contributed by atoms with Crippen molar-refractivity contribution in [3.8, 4) is 0 Å². The van der Waals surface area contributed by atoms with Crippen molar-refractivity contribution in [1.29, 1.82) is 0 Å². The molecule has 0 bridgehead atoms. The van der Waals surface area contributed by atoms with Gasteiger partial charge in [0.05, 0.1) is 0 Å². The fourth-order valence-electron chi connectivity index (χ4n) is 2.89. The first-order valence-electron chi connectivity index (χ1n) is 7.05. The molecule has 108 valence electrons. The highest BCUT2D eigenvalue weighted by Crippen LogP contribution is 2.24. The number of likely N-dealkylation sites (tertiary alicyclic amines) is 1. The lowest BCUT2D eigenvalue weighted by Gasteiger charge is -2.33. The van der Waals surface area contributed by atoms with Gasteiger partial charge in [0, 0.05) is 29.9 Å². The highest BCUT2D eigenvalue weighted by atomic mass is 16.4. The number of hydrogen-bond acceptors (Lipinski definition) is 3. The standard InChI is InChI=1S/C16H16N2O3/c19-15(18-9-2-1-6-14(18)16(20)21)12-5-3-4-11-7-8-17-10-13(11)12/h3-5,7-8,10,14H,1-2,6,9H2,(H,20,21). The molecule has 3 rings (SSSR count). The number of aliphatic carboxylic acids is 1. The number of piperidine rings is 1. The average molecular weight is 284 g/mol. The Hall–Kier alpha value is -2.43. The molecule has 1 unspecified atom stereocenters. The summed E-state index contributed by atoms with van der Waals surface area (Å²) in [4.78, 5) is 29.7. The van der Waals surface area contributed by atoms with Crippen molar-refractivity contribution in [2.24, 2.45) is 0 Å². The topological polar surface area (TPSA) is 70.5 Å². The van der Waals surface area contributed by atoms with E-state index in [9.17, 15) is 14.7 Å². The third-order valence-corrected chi connectivity index (χ3v) is 3.96. The summed E-state index contributed by atoms with van der Waals surface area (Å²) in [5.74, 6) is -1.15. The van der Waals surface area contributed by atoms with Crippen LogP contribution in [0.3, 0.4) is 0 Å². The minimum Gasteiger partial charge on any atom is -0.480 e. The SMILES string of the molecule is O=C(O)C1CCCCN1C(=O)c1cccc2ccncc12. The molecule has 1 saturated heterocycles. The Kier molecular flexibility index (Phi) is 3.56. The molecule has 0 saturated carbocycles. The Bertz CT molecular complexity index is 693. The second-order valence-electron chi connectivity index (χ2n) is 5.25. The molecule has 1 aromatic heterocycles. The van der Waals surface area contributed by atoms with Crippen LogP contribution in [0.15, 0.2) is 36.7 Å². The summed E-state index contributed by atoms with van der Waals surface area (Å²) >= 11 is 0. The van der Waals surface area contributed by atoms with Crippen molar-refractivity contribution < 1.29 is 14.7 Å². The van der Waals surface area contributed by atoms with E-state index in [4.69, 9.17) is 0 Å². The molecule has 0 aliphatic carbocycles. The van der Waals surface area contributed by atoms with Gasteiger partial charge >= 0.3 is 5.97 Å². The Balaban J connectivity index is 2.01. The Morgan fingerprint density at radius 3 is 2.90 bits per heavy atom. The molecule has 1 fully saturated rings. The molecule has 1 atom stereocenters. The minimum absolute atomic E-state index is 0.222. The number of pyridine rings is 1. The summed E-state index contributed by atoms with van der Waals surface area (Å²) in [7, 11) is 0. The van der Waals surface area contributed by atoms with E-state index in [1.165, 1.54) is 4.90 Å². The number of aromatic nitrogens is 1. The van der Waals surface area contributed by atoms with Gasteiger partial charge < -0.3 is 10.0 Å². The molecule has 21 heavy (non-hydrogen) atoms. The maximum atomic E-state index is 12.8. The number of carboxylic acids is 1. The fraction of sp³-hybridized carbons (Fsp3) is 0.312. The van der Waals surface area contributed by atoms with E-state index in [1.54, 1.807) is 18.5 Å². The van der Waals surface area contributed by atoms with Gasteiger partial charge in [-0.1, -0.05) is 12.1 Å². The summed E-state index contributed by atoms with van der Waals surface area (Å²) in [6.45, 7) is 0.493. The van der Waals surface area contributed by atoms with Gasteiger partial charge in [-0.3, -0.25) is 9.78 Å². The number of carboxylic acid groups (broad SMARTS) is 1. The Morgan fingerprint density at radius 1 is 1.24 bits per heavy atom. The van der Waals surface area contributed by atoms with Crippen molar-refractivity contribution in [3.05, 3.63) is 42.2 Å². The summed E-state index contributed by atoms with van der Waals surface area (Å²) in [5.41, 5.74) is 0.522. The smallest absolute Gasteiger partial charge is 0.326 e. The quantitative estimate of drug-likeness (QED) is 0.918. The molecule has 2 aromatic rings. The highest BCUT2D eigenvalue weighted by molar-refractivity contribution is 6.07. The lowest BCUT2D eigenvalue weighted by atomic mass is 9.99. The number of amides is 1. The lowest BCUT2D eigenvalue weighted by molar-refractivity contribution is -0.143. The maximum Gasteiger partial charge on any atom is 0.326 e. The molecule has 0 radical (unpaired) electrons. The van der Waals surface area contributed by atoms with E-state index in [-0.39, 0.29) is 5.91 Å². The number of hydrogen-bond donors (Lipinski definition) is 1. The van der Waals surface area contributed by atoms with Gasteiger partial charge in [0.25, 0.3) is 5.91 Å². The van der Waals surface area contributed by atoms with E-state index >= 15 is 0 Å². The first-order chi connectivity index (χ1) is 10.2. The highest BCUT2D eigenvalue weighted by Gasteiger charge is 2.32. The predicted molar refractivity (Wildman–Crippen MR) is 78.1 cm³/mol. The molecular weight excluding hydrogens is 268 g/mol. The van der Waals surface area contributed by atoms with Gasteiger partial charge in [-0.25, -0.2) is 4.79 Å². The van der Waals surface area contributed by atoms with Crippen molar-refractivity contribution >= 4 is 22.6 Å². The van der Waals surface area contributed by atoms with Gasteiger partial charge in [-0.2, -0.15) is 0 Å². The molecule has 1 N–H and O–H groups in total. The van der Waals surface area contributed by atoms with Crippen LogP contribution in [0.2, 0.25) is 0 Å². The van der Waals surface area contributed by atoms with E-state index < -0.39 is 12.0 Å². The number of carbonyl (C=O) groups excluding carboxylic acids is 1. The second-order valence-corrected chi connectivity index (χ2v) is 5.25. The van der Waals surface area contributed by atoms with Crippen molar-refractivity contribution in [2.45, 2.75) is 25.3 Å². The van der Waals surface area contributed by atoms with Crippen LogP contribution in [0.1, 0.15) is 29.6 Å². The molecule has 1 aliphatic rings. The monoisotopic (exact) mass is 284 g/mol. The third kappa shape index (κ3) is 2.46. The van der Waals surface area contributed by atoms with Gasteiger partial charge in [0.1, 0.15) is 6.04 Å². The zero-order chi connectivity index (χ0) is 14.8. The van der Waals surface area contributed by atoms with E-state index in [0.29, 0.717) is 18.5 Å². The largest absolute Gasteiger partial charge is 0.480 e. The van der Waals surface area contributed by atoms with Crippen molar-refractivity contribution in [1.82, 2.24) is 9.88 Å². The number of fused-ring (bicyclic) bond motifs is 1. The molecule has 0 spiro atoms. The van der Waals surface area contributed by atoms with Crippen molar-refractivity contribution in [2.75, 3.05) is 6.54 Å². The van der Waals surface area contributed by atoms with Crippen LogP contribution in [0.4, 0.5) is 0 Å². The van der Waals surface area contributed by atoms with Crippen molar-refractivity contribution in [3.63, 3.8) is 0 Å². The van der Waals surface area contributed by atoms with Crippen LogP contribution in [-0.2, 0) is 4.79 Å². The van der Waals surface area contributed by atoms with Crippen LogP contribution in [-0.4, -0.2) is 39.5 Å². The number of rotatable bonds is 2. The van der Waals surface area contributed by atoms with Crippen LogP contribution >= 0.6 is 0 Å². The molecule has 1 amide bonds. The summed E-state index contributed by atoms with van der Waals surface area (Å²) in [6, 6.07) is 6.59. The number of nitrogens with zero attached hydrogens (tertiary/aromatic N) is 2. The summed E-state index contributed by atoms with van der Waals surface area (Å²) in [5, 5.41) is 11.0. The van der Waals surface area contributed by atoms with Crippen LogP contribution in [0, 0.1) is 0 Å². The molecule has 1 aromatic carbocycles. The predicted octanol–water partition coefficient (Wildman–Crippen LogP) is 2.31. The van der Waals surface area contributed by atoms with Gasteiger partial charge in [-0.15, -0.1) is 0 Å². The first kappa shape index (κ1) is 13.5.